The van der Waals surface area contributed by atoms with Crippen LogP contribution in [0.15, 0.2) is 18.2 Å². The van der Waals surface area contributed by atoms with Crippen molar-refractivity contribution >= 4 is 35.1 Å². The van der Waals surface area contributed by atoms with Gasteiger partial charge in [0.1, 0.15) is 6.04 Å². The van der Waals surface area contributed by atoms with Gasteiger partial charge in [-0.25, -0.2) is 4.79 Å². The van der Waals surface area contributed by atoms with Crippen molar-refractivity contribution < 1.29 is 24.2 Å². The van der Waals surface area contributed by atoms with Crippen LogP contribution in [0, 0.1) is 30.1 Å². The van der Waals surface area contributed by atoms with Gasteiger partial charge in [0.05, 0.1) is 11.5 Å². The van der Waals surface area contributed by atoms with E-state index in [1.807, 2.05) is 0 Å². The number of esters is 1. The molecular weight excluding hydrogens is 444 g/mol. The summed E-state index contributed by atoms with van der Waals surface area (Å²) in [6.45, 7) is 1.48. The Bertz CT molecular complexity index is 944. The van der Waals surface area contributed by atoms with Crippen LogP contribution >= 0.6 is 11.6 Å². The second-order valence-corrected chi connectivity index (χ2v) is 11.0. The molecule has 178 valence electrons. The lowest BCUT2D eigenvalue weighted by Gasteiger charge is -2.56. The molecule has 2 amide bonds. The Balaban J connectivity index is 1.23. The first-order valence-electron chi connectivity index (χ1n) is 11.9. The fourth-order valence-corrected chi connectivity index (χ4v) is 7.28. The van der Waals surface area contributed by atoms with Crippen molar-refractivity contribution in [2.24, 2.45) is 23.2 Å². The molecule has 4 bridgehead atoms. The molecule has 1 unspecified atom stereocenters. The zero-order chi connectivity index (χ0) is 23.3. The molecule has 1 aromatic rings. The van der Waals surface area contributed by atoms with Crippen LogP contribution in [0.4, 0.5) is 5.69 Å². The number of rotatable bonds is 5. The van der Waals surface area contributed by atoms with Crippen LogP contribution in [0.3, 0.4) is 0 Å². The highest BCUT2D eigenvalue weighted by molar-refractivity contribution is 6.31. The van der Waals surface area contributed by atoms with Crippen LogP contribution in [-0.2, 0) is 19.1 Å². The van der Waals surface area contributed by atoms with Gasteiger partial charge in [0.25, 0.3) is 5.91 Å². The topological polar surface area (TPSA) is 95.9 Å². The van der Waals surface area contributed by atoms with Gasteiger partial charge < -0.3 is 20.1 Å². The first-order valence-corrected chi connectivity index (χ1v) is 12.3. The highest BCUT2D eigenvalue weighted by Gasteiger charge is 2.57. The standard InChI is InChI=1S/C25H31ClN2O5/c1-14-19(26)3-2-4-20(14)27-22(30)13-33-23(31)21-8-18(29)12-28(21)24(32)25-9-15-5-16(10-25)7-17(6-15)11-25/h2-4,15-18,21,29H,5-13H2,1H3,(H,27,30)/t15?,16?,17?,18?,21-,25?/m0/s1. The molecule has 1 saturated heterocycles. The SMILES string of the molecule is Cc1c(Cl)cccc1NC(=O)COC(=O)[C@@H]1CC(O)CN1C(=O)C12CC3CC(CC(C3)C1)C2. The third-order valence-corrected chi connectivity index (χ3v) is 8.60. The normalized spacial score (nSPS) is 34.4. The largest absolute Gasteiger partial charge is 0.454 e. The molecule has 1 aromatic carbocycles. The molecule has 5 aliphatic rings. The Morgan fingerprint density at radius 1 is 1.12 bits per heavy atom. The van der Waals surface area contributed by atoms with Crippen molar-refractivity contribution in [2.75, 3.05) is 18.5 Å². The monoisotopic (exact) mass is 474 g/mol. The summed E-state index contributed by atoms with van der Waals surface area (Å²) < 4.78 is 5.29. The number of anilines is 1. The number of carbonyl (C=O) groups excluding carboxylic acids is 3. The minimum absolute atomic E-state index is 0.000830. The van der Waals surface area contributed by atoms with Crippen LogP contribution in [0.1, 0.15) is 50.5 Å². The fraction of sp³-hybridized carbons (Fsp3) is 0.640. The summed E-state index contributed by atoms with van der Waals surface area (Å²) in [6.07, 6.45) is 5.75. The molecule has 2 atom stereocenters. The molecule has 1 aliphatic heterocycles. The number of β-amino-alcohol motifs (C(OH)–C–C–N with tert-alkyl or cyclic N) is 1. The molecule has 8 heteroatoms. The van der Waals surface area contributed by atoms with E-state index in [0.717, 1.165) is 24.8 Å². The summed E-state index contributed by atoms with van der Waals surface area (Å²) in [5.41, 5.74) is 0.891. The molecule has 0 spiro atoms. The van der Waals surface area contributed by atoms with E-state index in [9.17, 15) is 19.5 Å². The summed E-state index contributed by atoms with van der Waals surface area (Å²) in [6, 6.07) is 4.33. The summed E-state index contributed by atoms with van der Waals surface area (Å²) >= 11 is 6.08. The van der Waals surface area contributed by atoms with E-state index < -0.39 is 36.0 Å². The number of amides is 2. The number of hydrogen-bond donors (Lipinski definition) is 2. The van der Waals surface area contributed by atoms with Crippen molar-refractivity contribution in [3.8, 4) is 0 Å². The van der Waals surface area contributed by atoms with Crippen LogP contribution in [0.2, 0.25) is 5.02 Å². The molecule has 5 fully saturated rings. The van der Waals surface area contributed by atoms with Gasteiger partial charge in [0, 0.05) is 23.7 Å². The van der Waals surface area contributed by atoms with Gasteiger partial charge in [0.2, 0.25) is 5.91 Å². The number of carbonyl (C=O) groups is 3. The van der Waals surface area contributed by atoms with Gasteiger partial charge in [-0.2, -0.15) is 0 Å². The Morgan fingerprint density at radius 2 is 1.76 bits per heavy atom. The summed E-state index contributed by atoms with van der Waals surface area (Å²) in [7, 11) is 0. The van der Waals surface area contributed by atoms with Gasteiger partial charge in [-0.15, -0.1) is 0 Å². The predicted molar refractivity (Wildman–Crippen MR) is 123 cm³/mol. The smallest absolute Gasteiger partial charge is 0.329 e. The zero-order valence-electron chi connectivity index (χ0n) is 18.9. The van der Waals surface area contributed by atoms with Crippen molar-refractivity contribution in [2.45, 2.75) is 64.0 Å². The maximum Gasteiger partial charge on any atom is 0.329 e. The second kappa shape index (κ2) is 8.58. The molecule has 2 N–H and O–H groups in total. The van der Waals surface area contributed by atoms with Crippen molar-refractivity contribution in [1.82, 2.24) is 4.90 Å². The number of ether oxygens (including phenoxy) is 1. The molecule has 1 heterocycles. The molecule has 0 radical (unpaired) electrons. The van der Waals surface area contributed by atoms with Crippen molar-refractivity contribution in [3.05, 3.63) is 28.8 Å². The molecule has 4 saturated carbocycles. The fourth-order valence-electron chi connectivity index (χ4n) is 7.10. The van der Waals surface area contributed by atoms with E-state index in [4.69, 9.17) is 16.3 Å². The van der Waals surface area contributed by atoms with Crippen LogP contribution in [0.5, 0.6) is 0 Å². The number of aliphatic hydroxyl groups is 1. The average Bonchev–Trinajstić information content (AvgIpc) is 3.15. The van der Waals surface area contributed by atoms with Crippen LogP contribution < -0.4 is 5.32 Å². The highest BCUT2D eigenvalue weighted by Crippen LogP contribution is 2.60. The number of nitrogens with one attached hydrogen (secondary N) is 1. The average molecular weight is 475 g/mol. The third-order valence-electron chi connectivity index (χ3n) is 8.19. The van der Waals surface area contributed by atoms with E-state index in [0.29, 0.717) is 28.5 Å². The predicted octanol–water partition coefficient (Wildman–Crippen LogP) is 3.31. The lowest BCUT2D eigenvalue weighted by molar-refractivity contribution is -0.166. The number of likely N-dealkylation sites (tertiary alicyclic amines) is 1. The Hall–Kier alpha value is -2.12. The number of nitrogens with zero attached hydrogens (tertiary/aromatic N) is 1. The van der Waals surface area contributed by atoms with Gasteiger partial charge in [0.15, 0.2) is 6.61 Å². The Labute approximate surface area is 198 Å². The van der Waals surface area contributed by atoms with Gasteiger partial charge in [-0.1, -0.05) is 17.7 Å². The van der Waals surface area contributed by atoms with E-state index in [-0.39, 0.29) is 18.9 Å². The Kier molecular flexibility index (Phi) is 5.90. The van der Waals surface area contributed by atoms with E-state index in [2.05, 4.69) is 5.32 Å². The summed E-state index contributed by atoms with van der Waals surface area (Å²) in [5, 5.41) is 13.5. The van der Waals surface area contributed by atoms with E-state index in [1.165, 1.54) is 19.3 Å². The Morgan fingerprint density at radius 3 is 2.39 bits per heavy atom. The minimum Gasteiger partial charge on any atom is -0.454 e. The van der Waals surface area contributed by atoms with Gasteiger partial charge in [-0.05, 0) is 80.9 Å². The van der Waals surface area contributed by atoms with Gasteiger partial charge >= 0.3 is 5.97 Å². The highest BCUT2D eigenvalue weighted by atomic mass is 35.5. The van der Waals surface area contributed by atoms with Crippen molar-refractivity contribution in [3.63, 3.8) is 0 Å². The first-order chi connectivity index (χ1) is 15.7. The van der Waals surface area contributed by atoms with Crippen molar-refractivity contribution in [1.29, 1.82) is 0 Å². The number of aliphatic hydroxyl groups excluding tert-OH is 1. The summed E-state index contributed by atoms with van der Waals surface area (Å²) in [5.74, 6) is 0.707. The first kappa shape index (κ1) is 22.7. The van der Waals surface area contributed by atoms with Gasteiger partial charge in [-0.3, -0.25) is 9.59 Å². The third kappa shape index (κ3) is 4.26. The second-order valence-electron chi connectivity index (χ2n) is 10.6. The lowest BCUT2D eigenvalue weighted by atomic mass is 9.49. The lowest BCUT2D eigenvalue weighted by Crippen LogP contribution is -2.56. The van der Waals surface area contributed by atoms with Crippen LogP contribution in [-0.4, -0.2) is 53.1 Å². The number of halogens is 1. The molecule has 0 aromatic heterocycles. The molecule has 33 heavy (non-hydrogen) atoms. The molecule has 4 aliphatic carbocycles. The molecule has 6 rings (SSSR count). The summed E-state index contributed by atoms with van der Waals surface area (Å²) in [4.78, 5) is 40.5. The maximum absolute atomic E-state index is 13.7. The molecular formula is C25H31ClN2O5. The van der Waals surface area contributed by atoms with Crippen LogP contribution in [0.25, 0.3) is 0 Å². The number of benzene rings is 1. The molecule has 7 nitrogen and oxygen atoms in total. The number of hydrogen-bond acceptors (Lipinski definition) is 5. The van der Waals surface area contributed by atoms with E-state index in [1.54, 1.807) is 30.0 Å². The quantitative estimate of drug-likeness (QED) is 0.638. The zero-order valence-corrected chi connectivity index (χ0v) is 19.6. The van der Waals surface area contributed by atoms with E-state index >= 15 is 0 Å². The minimum atomic E-state index is -0.846. The maximum atomic E-state index is 13.7.